The number of primary amides is 1. The van der Waals surface area contributed by atoms with Crippen molar-refractivity contribution in [2.24, 2.45) is 16.6 Å². The van der Waals surface area contributed by atoms with Gasteiger partial charge >= 0.3 is 0 Å². The lowest BCUT2D eigenvalue weighted by molar-refractivity contribution is -0.123. The average molecular weight is 392 g/mol. The fourth-order valence-electron chi connectivity index (χ4n) is 3.44. The van der Waals surface area contributed by atoms with Gasteiger partial charge in [-0.1, -0.05) is 18.2 Å². The largest absolute Gasteiger partial charge is 0.369 e. The number of piperidine rings is 1. The molecule has 0 spiro atoms. The second kappa shape index (κ2) is 12.3. The number of benzene rings is 1. The Bertz CT molecular complexity index is 629. The fourth-order valence-corrected chi connectivity index (χ4v) is 3.44. The Morgan fingerprint density at radius 1 is 1.25 bits per heavy atom. The fraction of sp³-hybridized carbons (Fsp3) is 0.619. The molecule has 0 bridgehead atoms. The number of amides is 1. The third-order valence-electron chi connectivity index (χ3n) is 5.13. The number of carbonyl (C=O) groups is 1. The van der Waals surface area contributed by atoms with Gasteiger partial charge in [-0.25, -0.2) is 4.39 Å². The summed E-state index contributed by atoms with van der Waals surface area (Å²) in [5, 5.41) is 6.50. The number of likely N-dealkylation sites (tertiary alicyclic amines) is 1. The van der Waals surface area contributed by atoms with E-state index in [1.807, 2.05) is 19.1 Å². The zero-order valence-electron chi connectivity index (χ0n) is 16.9. The molecule has 0 saturated carbocycles. The molecule has 1 amide bonds. The van der Waals surface area contributed by atoms with Gasteiger partial charge in [0.15, 0.2) is 5.96 Å². The zero-order valence-corrected chi connectivity index (χ0v) is 16.9. The van der Waals surface area contributed by atoms with E-state index in [4.69, 9.17) is 5.73 Å². The maximum absolute atomic E-state index is 13.7. The lowest BCUT2D eigenvalue weighted by Crippen LogP contribution is -2.39. The number of halogens is 1. The average Bonchev–Trinajstić information content (AvgIpc) is 2.69. The van der Waals surface area contributed by atoms with E-state index < -0.39 is 0 Å². The first-order chi connectivity index (χ1) is 13.6. The van der Waals surface area contributed by atoms with Crippen LogP contribution < -0.4 is 16.4 Å². The summed E-state index contributed by atoms with van der Waals surface area (Å²) in [5.74, 6) is 0.513. The van der Waals surface area contributed by atoms with Gasteiger partial charge in [0.1, 0.15) is 5.82 Å². The van der Waals surface area contributed by atoms with E-state index >= 15 is 0 Å². The second-order valence-corrected chi connectivity index (χ2v) is 7.25. The molecule has 156 valence electrons. The normalized spacial score (nSPS) is 16.1. The van der Waals surface area contributed by atoms with Crippen molar-refractivity contribution >= 4 is 11.9 Å². The number of guanidine groups is 1. The molecule has 1 aromatic rings. The van der Waals surface area contributed by atoms with Gasteiger partial charge in [-0.15, -0.1) is 0 Å². The Hall–Kier alpha value is -2.15. The van der Waals surface area contributed by atoms with E-state index in [9.17, 15) is 9.18 Å². The van der Waals surface area contributed by atoms with Crippen molar-refractivity contribution in [2.45, 2.75) is 39.0 Å². The van der Waals surface area contributed by atoms with Crippen LogP contribution in [0.5, 0.6) is 0 Å². The van der Waals surface area contributed by atoms with Crippen LogP contribution in [-0.4, -0.2) is 56.0 Å². The summed E-state index contributed by atoms with van der Waals surface area (Å²) in [5.41, 5.74) is 6.09. The van der Waals surface area contributed by atoms with Gasteiger partial charge in [0.05, 0.1) is 0 Å². The number of unbranched alkanes of at least 4 members (excludes halogenated alkanes) is 1. The number of nitrogens with one attached hydrogen (secondary N) is 2. The van der Waals surface area contributed by atoms with E-state index in [1.165, 1.54) is 6.07 Å². The molecule has 28 heavy (non-hydrogen) atoms. The molecule has 1 aromatic carbocycles. The van der Waals surface area contributed by atoms with Crippen molar-refractivity contribution < 1.29 is 9.18 Å². The van der Waals surface area contributed by atoms with Crippen LogP contribution in [0.3, 0.4) is 0 Å². The summed E-state index contributed by atoms with van der Waals surface area (Å²) >= 11 is 0. The van der Waals surface area contributed by atoms with Crippen molar-refractivity contribution in [1.29, 1.82) is 0 Å². The van der Waals surface area contributed by atoms with Crippen LogP contribution in [0.4, 0.5) is 4.39 Å². The molecule has 1 saturated heterocycles. The molecule has 0 aromatic heterocycles. The first-order valence-corrected chi connectivity index (χ1v) is 10.4. The van der Waals surface area contributed by atoms with Crippen molar-refractivity contribution in [2.75, 3.05) is 39.3 Å². The van der Waals surface area contributed by atoms with E-state index in [2.05, 4.69) is 20.5 Å². The minimum absolute atomic E-state index is 0.0546. The molecule has 1 heterocycles. The monoisotopic (exact) mass is 391 g/mol. The SMILES string of the molecule is CCNC(=NCCCCN1CCC(C(N)=O)CC1)NCCc1ccccc1F. The number of nitrogens with two attached hydrogens (primary N) is 1. The van der Waals surface area contributed by atoms with Gasteiger partial charge in [-0.2, -0.15) is 0 Å². The third kappa shape index (κ3) is 7.84. The van der Waals surface area contributed by atoms with E-state index in [0.29, 0.717) is 18.5 Å². The lowest BCUT2D eigenvalue weighted by atomic mass is 9.96. The Balaban J connectivity index is 1.63. The van der Waals surface area contributed by atoms with E-state index in [1.54, 1.807) is 6.07 Å². The molecule has 2 rings (SSSR count). The van der Waals surface area contributed by atoms with Gasteiger partial charge < -0.3 is 21.3 Å². The maximum Gasteiger partial charge on any atom is 0.220 e. The van der Waals surface area contributed by atoms with Crippen LogP contribution in [0, 0.1) is 11.7 Å². The Morgan fingerprint density at radius 3 is 2.68 bits per heavy atom. The zero-order chi connectivity index (χ0) is 20.2. The number of hydrogen-bond acceptors (Lipinski definition) is 3. The predicted molar refractivity (Wildman–Crippen MR) is 112 cm³/mol. The highest BCUT2D eigenvalue weighted by Gasteiger charge is 2.22. The van der Waals surface area contributed by atoms with E-state index in [0.717, 1.165) is 64.4 Å². The first kappa shape index (κ1) is 22.1. The summed E-state index contributed by atoms with van der Waals surface area (Å²) in [4.78, 5) is 18.2. The molecule has 0 atom stereocenters. The number of carbonyl (C=O) groups excluding carboxylic acids is 1. The highest BCUT2D eigenvalue weighted by molar-refractivity contribution is 5.79. The van der Waals surface area contributed by atoms with Crippen molar-refractivity contribution in [3.63, 3.8) is 0 Å². The molecule has 6 nitrogen and oxygen atoms in total. The van der Waals surface area contributed by atoms with Gasteiger partial charge in [-0.3, -0.25) is 9.79 Å². The van der Waals surface area contributed by atoms with Crippen molar-refractivity contribution in [1.82, 2.24) is 15.5 Å². The predicted octanol–water partition coefficient (Wildman–Crippen LogP) is 1.90. The molecule has 1 fully saturated rings. The van der Waals surface area contributed by atoms with Crippen molar-refractivity contribution in [3.8, 4) is 0 Å². The molecule has 7 heteroatoms. The standard InChI is InChI=1S/C21H34FN5O/c1-2-24-21(26-13-9-17-7-3-4-8-19(17)22)25-12-5-6-14-27-15-10-18(11-16-27)20(23)28/h3-4,7-8,18H,2,5-6,9-16H2,1H3,(H2,23,28)(H2,24,25,26). The van der Waals surface area contributed by atoms with Gasteiger partial charge in [0.25, 0.3) is 0 Å². The van der Waals surface area contributed by atoms with Crippen molar-refractivity contribution in [3.05, 3.63) is 35.6 Å². The Labute approximate surface area is 167 Å². The number of hydrogen-bond donors (Lipinski definition) is 3. The minimum atomic E-state index is -0.161. The second-order valence-electron chi connectivity index (χ2n) is 7.25. The summed E-state index contributed by atoms with van der Waals surface area (Å²) in [6.45, 7) is 7.17. The Morgan fingerprint density at radius 2 is 2.00 bits per heavy atom. The molecule has 4 N–H and O–H groups in total. The topological polar surface area (TPSA) is 82.8 Å². The molecule has 0 aliphatic carbocycles. The van der Waals surface area contributed by atoms with Gasteiger partial charge in [0.2, 0.25) is 5.91 Å². The van der Waals surface area contributed by atoms with Crippen LogP contribution in [0.2, 0.25) is 0 Å². The molecule has 0 unspecified atom stereocenters. The highest BCUT2D eigenvalue weighted by atomic mass is 19.1. The first-order valence-electron chi connectivity index (χ1n) is 10.4. The van der Waals surface area contributed by atoms with E-state index in [-0.39, 0.29) is 17.6 Å². The summed E-state index contributed by atoms with van der Waals surface area (Å²) in [6.07, 6.45) is 4.48. The smallest absolute Gasteiger partial charge is 0.220 e. The van der Waals surface area contributed by atoms with Crippen LogP contribution in [-0.2, 0) is 11.2 Å². The summed E-state index contributed by atoms with van der Waals surface area (Å²) in [7, 11) is 0. The molecule has 1 aliphatic rings. The summed E-state index contributed by atoms with van der Waals surface area (Å²) in [6, 6.07) is 6.87. The molecule has 1 aliphatic heterocycles. The maximum atomic E-state index is 13.7. The van der Waals surface area contributed by atoms with Crippen LogP contribution in [0.1, 0.15) is 38.2 Å². The van der Waals surface area contributed by atoms with Crippen LogP contribution >= 0.6 is 0 Å². The van der Waals surface area contributed by atoms with Crippen LogP contribution in [0.15, 0.2) is 29.3 Å². The molecular weight excluding hydrogens is 357 g/mol. The third-order valence-corrected chi connectivity index (χ3v) is 5.13. The minimum Gasteiger partial charge on any atom is -0.369 e. The van der Waals surface area contributed by atoms with Gasteiger partial charge in [0, 0.05) is 25.6 Å². The summed E-state index contributed by atoms with van der Waals surface area (Å²) < 4.78 is 13.7. The highest BCUT2D eigenvalue weighted by Crippen LogP contribution is 2.16. The number of rotatable bonds is 10. The lowest BCUT2D eigenvalue weighted by Gasteiger charge is -2.30. The number of nitrogens with zero attached hydrogens (tertiary/aromatic N) is 2. The number of aliphatic imine (C=N–C) groups is 1. The molecule has 0 radical (unpaired) electrons. The molecular formula is C21H34FN5O. The van der Waals surface area contributed by atoms with Crippen LogP contribution in [0.25, 0.3) is 0 Å². The Kier molecular flexibility index (Phi) is 9.76. The van der Waals surface area contributed by atoms with Gasteiger partial charge in [-0.05, 0) is 70.3 Å². The quantitative estimate of drug-likeness (QED) is 0.323.